The average Bonchev–Trinajstić information content (AvgIpc) is 3.11. The van der Waals surface area contributed by atoms with Crippen molar-refractivity contribution >= 4 is 5.69 Å². The summed E-state index contributed by atoms with van der Waals surface area (Å²) in [5, 5.41) is 10.8. The van der Waals surface area contributed by atoms with Gasteiger partial charge in [-0.05, 0) is 55.8 Å². The van der Waals surface area contributed by atoms with Gasteiger partial charge in [-0.25, -0.2) is 5.43 Å². The third kappa shape index (κ3) is 2.78. The van der Waals surface area contributed by atoms with Gasteiger partial charge >= 0.3 is 0 Å². The Balaban J connectivity index is 1.65. The molecule has 0 amide bonds. The molecular weight excluding hydrogens is 236 g/mol. The van der Waals surface area contributed by atoms with E-state index in [9.17, 15) is 0 Å². The second-order valence-electron chi connectivity index (χ2n) is 5.13. The molecular formula is C15H18N4. The molecule has 2 aliphatic rings. The maximum atomic E-state index is 8.80. The maximum absolute atomic E-state index is 8.80. The van der Waals surface area contributed by atoms with Crippen molar-refractivity contribution in [3.05, 3.63) is 41.6 Å². The number of hydrogen-bond acceptors (Lipinski definition) is 4. The van der Waals surface area contributed by atoms with Gasteiger partial charge in [-0.15, -0.1) is 0 Å². The minimum absolute atomic E-state index is 0.698. The largest absolute Gasteiger partial charge is 0.299 e. The number of nitrogens with one attached hydrogen (secondary N) is 1. The second kappa shape index (κ2) is 5.43. The molecule has 0 bridgehead atoms. The number of hydrogen-bond donors (Lipinski definition) is 1. The minimum atomic E-state index is 0.698. The molecule has 1 aromatic rings. The summed E-state index contributed by atoms with van der Waals surface area (Å²) < 4.78 is 0. The molecule has 1 fully saturated rings. The zero-order valence-electron chi connectivity index (χ0n) is 11.0. The smallest absolute Gasteiger partial charge is 0.0991 e. The molecule has 1 aromatic carbocycles. The molecule has 19 heavy (non-hydrogen) atoms. The Kier molecular flexibility index (Phi) is 3.49. The zero-order valence-corrected chi connectivity index (χ0v) is 11.0. The van der Waals surface area contributed by atoms with Crippen LogP contribution in [0.1, 0.15) is 18.4 Å². The van der Waals surface area contributed by atoms with Gasteiger partial charge in [0.15, 0.2) is 0 Å². The van der Waals surface area contributed by atoms with Crippen LogP contribution in [0, 0.1) is 11.3 Å². The van der Waals surface area contributed by atoms with Crippen LogP contribution in [0.25, 0.3) is 0 Å². The number of anilines is 1. The molecule has 0 radical (unpaired) electrons. The van der Waals surface area contributed by atoms with E-state index in [2.05, 4.69) is 22.6 Å². The molecule has 0 spiro atoms. The summed E-state index contributed by atoms with van der Waals surface area (Å²) >= 11 is 0. The summed E-state index contributed by atoms with van der Waals surface area (Å²) in [6.07, 6.45) is 4.85. The number of hydrazine groups is 1. The van der Waals surface area contributed by atoms with E-state index in [4.69, 9.17) is 5.26 Å². The van der Waals surface area contributed by atoms with Gasteiger partial charge < -0.3 is 0 Å². The van der Waals surface area contributed by atoms with E-state index in [-0.39, 0.29) is 0 Å². The van der Waals surface area contributed by atoms with Crippen LogP contribution in [-0.2, 0) is 0 Å². The van der Waals surface area contributed by atoms with Gasteiger partial charge in [-0.1, -0.05) is 0 Å². The molecule has 4 heteroatoms. The van der Waals surface area contributed by atoms with Crippen molar-refractivity contribution in [3.8, 4) is 6.07 Å². The minimum Gasteiger partial charge on any atom is -0.299 e. The van der Waals surface area contributed by atoms with Gasteiger partial charge in [0, 0.05) is 19.3 Å². The van der Waals surface area contributed by atoms with Gasteiger partial charge in [0.2, 0.25) is 0 Å². The molecule has 2 heterocycles. The Morgan fingerprint density at radius 2 is 1.89 bits per heavy atom. The quantitative estimate of drug-likeness (QED) is 0.894. The first kappa shape index (κ1) is 12.2. The summed E-state index contributed by atoms with van der Waals surface area (Å²) in [6, 6.07) is 9.79. The Morgan fingerprint density at radius 3 is 2.58 bits per heavy atom. The van der Waals surface area contributed by atoms with E-state index in [1.807, 2.05) is 29.3 Å². The van der Waals surface area contributed by atoms with Crippen LogP contribution < -0.4 is 10.4 Å². The van der Waals surface area contributed by atoms with E-state index in [0.29, 0.717) is 5.56 Å². The molecule has 98 valence electrons. The fraction of sp³-hybridized carbons (Fsp3) is 0.400. The molecule has 0 saturated carbocycles. The third-order valence-corrected chi connectivity index (χ3v) is 3.69. The van der Waals surface area contributed by atoms with Crippen molar-refractivity contribution in [2.45, 2.75) is 12.8 Å². The van der Waals surface area contributed by atoms with Crippen molar-refractivity contribution in [1.82, 2.24) is 10.3 Å². The van der Waals surface area contributed by atoms with Gasteiger partial charge in [0.05, 0.1) is 17.3 Å². The summed E-state index contributed by atoms with van der Waals surface area (Å²) in [4.78, 5) is 2.51. The first-order chi connectivity index (χ1) is 9.35. The van der Waals surface area contributed by atoms with Crippen molar-refractivity contribution < 1.29 is 0 Å². The Hall–Kier alpha value is -1.83. The second-order valence-corrected chi connectivity index (χ2v) is 5.13. The standard InChI is InChI=1S/C15H18N4/c16-9-13-3-5-15(6-4-13)19-12-14(10-17-19)11-18-7-1-2-8-18/h3-6,12,17H,1-2,7-8,10-11H2. The van der Waals surface area contributed by atoms with Gasteiger partial charge in [0.1, 0.15) is 0 Å². The lowest BCUT2D eigenvalue weighted by molar-refractivity contribution is 0.367. The number of rotatable bonds is 3. The Bertz CT molecular complexity index is 506. The van der Waals surface area contributed by atoms with Crippen LogP contribution in [0.4, 0.5) is 5.69 Å². The molecule has 2 aliphatic heterocycles. The Labute approximate surface area is 113 Å². The number of benzene rings is 1. The topological polar surface area (TPSA) is 42.3 Å². The van der Waals surface area contributed by atoms with Gasteiger partial charge in [-0.3, -0.25) is 9.91 Å². The summed E-state index contributed by atoms with van der Waals surface area (Å²) in [5.74, 6) is 0. The molecule has 1 N–H and O–H groups in total. The van der Waals surface area contributed by atoms with Crippen LogP contribution in [0.2, 0.25) is 0 Å². The van der Waals surface area contributed by atoms with Crippen molar-refractivity contribution in [3.63, 3.8) is 0 Å². The third-order valence-electron chi connectivity index (χ3n) is 3.69. The fourth-order valence-corrected chi connectivity index (χ4v) is 2.65. The van der Waals surface area contributed by atoms with Crippen LogP contribution in [0.15, 0.2) is 36.0 Å². The molecule has 0 aromatic heterocycles. The monoisotopic (exact) mass is 254 g/mol. The van der Waals surface area contributed by atoms with Crippen LogP contribution >= 0.6 is 0 Å². The maximum Gasteiger partial charge on any atom is 0.0991 e. The molecule has 1 saturated heterocycles. The number of likely N-dealkylation sites (tertiary alicyclic amines) is 1. The predicted molar refractivity (Wildman–Crippen MR) is 75.4 cm³/mol. The highest BCUT2D eigenvalue weighted by Crippen LogP contribution is 2.19. The Morgan fingerprint density at radius 1 is 1.16 bits per heavy atom. The predicted octanol–water partition coefficient (Wildman–Crippen LogP) is 1.86. The lowest BCUT2D eigenvalue weighted by Gasteiger charge is -2.15. The lowest BCUT2D eigenvalue weighted by atomic mass is 10.2. The molecule has 0 unspecified atom stereocenters. The fourth-order valence-electron chi connectivity index (χ4n) is 2.65. The highest BCUT2D eigenvalue weighted by Gasteiger charge is 2.18. The molecule has 4 nitrogen and oxygen atoms in total. The summed E-state index contributed by atoms with van der Waals surface area (Å²) in [5.41, 5.74) is 6.57. The van der Waals surface area contributed by atoms with Crippen LogP contribution in [0.3, 0.4) is 0 Å². The van der Waals surface area contributed by atoms with Gasteiger partial charge in [-0.2, -0.15) is 5.26 Å². The summed E-state index contributed by atoms with van der Waals surface area (Å²) in [7, 11) is 0. The molecule has 0 aliphatic carbocycles. The normalized spacial score (nSPS) is 19.5. The van der Waals surface area contributed by atoms with E-state index < -0.39 is 0 Å². The van der Waals surface area contributed by atoms with Gasteiger partial charge in [0.25, 0.3) is 0 Å². The summed E-state index contributed by atoms with van der Waals surface area (Å²) in [6.45, 7) is 4.44. The van der Waals surface area contributed by atoms with Crippen molar-refractivity contribution in [2.24, 2.45) is 0 Å². The zero-order chi connectivity index (χ0) is 13.1. The highest BCUT2D eigenvalue weighted by atomic mass is 15.5. The number of nitriles is 1. The van der Waals surface area contributed by atoms with E-state index in [1.165, 1.54) is 31.5 Å². The van der Waals surface area contributed by atoms with E-state index in [0.717, 1.165) is 18.8 Å². The van der Waals surface area contributed by atoms with Crippen LogP contribution in [-0.4, -0.2) is 31.1 Å². The van der Waals surface area contributed by atoms with Crippen molar-refractivity contribution in [2.75, 3.05) is 31.2 Å². The SMILES string of the molecule is N#Cc1ccc(N2C=C(CN3CCCC3)CN2)cc1. The number of nitrogens with zero attached hydrogens (tertiary/aromatic N) is 3. The van der Waals surface area contributed by atoms with E-state index in [1.54, 1.807) is 0 Å². The highest BCUT2D eigenvalue weighted by molar-refractivity contribution is 5.52. The lowest BCUT2D eigenvalue weighted by Crippen LogP contribution is -2.29. The van der Waals surface area contributed by atoms with E-state index >= 15 is 0 Å². The first-order valence-corrected chi connectivity index (χ1v) is 6.80. The molecule has 3 rings (SSSR count). The average molecular weight is 254 g/mol. The molecule has 0 atom stereocenters. The van der Waals surface area contributed by atoms with Crippen LogP contribution in [0.5, 0.6) is 0 Å². The van der Waals surface area contributed by atoms with Crippen molar-refractivity contribution in [1.29, 1.82) is 5.26 Å². The first-order valence-electron chi connectivity index (χ1n) is 6.80.